The van der Waals surface area contributed by atoms with E-state index in [1.165, 1.54) is 4.90 Å². The lowest BCUT2D eigenvalue weighted by atomic mass is 10.3. The standard InChI is InChI=1S/C12H21N3O5/c1-8(2)14-10(16)3-4-13-12(19)15-5-6-20-9(7-15)11(17)18/h8-9H,3-7H2,1-2H3,(H,13,19)(H,14,16)(H,17,18). The van der Waals surface area contributed by atoms with E-state index in [-0.39, 0.29) is 44.1 Å². The zero-order valence-corrected chi connectivity index (χ0v) is 11.7. The Morgan fingerprint density at radius 3 is 2.70 bits per heavy atom. The third-order valence-electron chi connectivity index (χ3n) is 2.71. The van der Waals surface area contributed by atoms with Crippen molar-refractivity contribution in [3.05, 3.63) is 0 Å². The molecule has 0 aromatic rings. The van der Waals surface area contributed by atoms with E-state index in [0.29, 0.717) is 6.54 Å². The van der Waals surface area contributed by atoms with Gasteiger partial charge in [0.15, 0.2) is 6.10 Å². The van der Waals surface area contributed by atoms with Gasteiger partial charge in [-0.05, 0) is 13.8 Å². The molecule has 0 aromatic carbocycles. The van der Waals surface area contributed by atoms with E-state index in [1.54, 1.807) is 0 Å². The number of morpholine rings is 1. The van der Waals surface area contributed by atoms with Crippen LogP contribution in [0.15, 0.2) is 0 Å². The first-order chi connectivity index (χ1) is 9.40. The molecule has 1 aliphatic heterocycles. The molecule has 0 saturated carbocycles. The van der Waals surface area contributed by atoms with E-state index >= 15 is 0 Å². The van der Waals surface area contributed by atoms with Crippen molar-refractivity contribution in [1.82, 2.24) is 15.5 Å². The monoisotopic (exact) mass is 287 g/mol. The summed E-state index contributed by atoms with van der Waals surface area (Å²) in [6.07, 6.45) is -0.796. The second kappa shape index (κ2) is 7.68. The molecule has 0 spiro atoms. The Labute approximate surface area is 117 Å². The zero-order chi connectivity index (χ0) is 15.1. The molecule has 1 unspecified atom stereocenters. The molecule has 0 bridgehead atoms. The van der Waals surface area contributed by atoms with Crippen molar-refractivity contribution in [1.29, 1.82) is 0 Å². The van der Waals surface area contributed by atoms with Gasteiger partial charge in [0, 0.05) is 25.6 Å². The largest absolute Gasteiger partial charge is 0.479 e. The van der Waals surface area contributed by atoms with E-state index in [9.17, 15) is 14.4 Å². The average Bonchev–Trinajstić information content (AvgIpc) is 2.37. The fourth-order valence-electron chi connectivity index (χ4n) is 1.77. The van der Waals surface area contributed by atoms with Gasteiger partial charge in [0.1, 0.15) is 0 Å². The average molecular weight is 287 g/mol. The highest BCUT2D eigenvalue weighted by Gasteiger charge is 2.28. The number of carbonyl (C=O) groups is 3. The second-order valence-corrected chi connectivity index (χ2v) is 4.85. The minimum absolute atomic E-state index is 0.0133. The molecule has 8 heteroatoms. The molecule has 1 rings (SSSR count). The Morgan fingerprint density at radius 2 is 2.10 bits per heavy atom. The van der Waals surface area contributed by atoms with Crippen molar-refractivity contribution in [2.75, 3.05) is 26.2 Å². The number of aliphatic carboxylic acids is 1. The zero-order valence-electron chi connectivity index (χ0n) is 11.7. The van der Waals surface area contributed by atoms with Gasteiger partial charge in [0.05, 0.1) is 13.2 Å². The van der Waals surface area contributed by atoms with E-state index in [0.717, 1.165) is 0 Å². The van der Waals surface area contributed by atoms with Crippen LogP contribution in [0.3, 0.4) is 0 Å². The van der Waals surface area contributed by atoms with Gasteiger partial charge in [-0.3, -0.25) is 4.79 Å². The Balaban J connectivity index is 2.28. The minimum Gasteiger partial charge on any atom is -0.479 e. The topological polar surface area (TPSA) is 108 Å². The van der Waals surface area contributed by atoms with Crippen LogP contribution in [0.5, 0.6) is 0 Å². The SMILES string of the molecule is CC(C)NC(=O)CCNC(=O)N1CCOC(C(=O)O)C1. The van der Waals surface area contributed by atoms with E-state index in [4.69, 9.17) is 9.84 Å². The highest BCUT2D eigenvalue weighted by Crippen LogP contribution is 2.05. The van der Waals surface area contributed by atoms with E-state index in [2.05, 4.69) is 10.6 Å². The molecule has 20 heavy (non-hydrogen) atoms. The van der Waals surface area contributed by atoms with Crippen LogP contribution >= 0.6 is 0 Å². The molecule has 1 fully saturated rings. The summed E-state index contributed by atoms with van der Waals surface area (Å²) in [6, 6.07) is -0.314. The maximum absolute atomic E-state index is 11.8. The van der Waals surface area contributed by atoms with Crippen molar-refractivity contribution in [2.45, 2.75) is 32.4 Å². The number of rotatable bonds is 5. The predicted molar refractivity (Wildman–Crippen MR) is 70.2 cm³/mol. The molecule has 0 aliphatic carbocycles. The lowest BCUT2D eigenvalue weighted by molar-refractivity contribution is -0.154. The molecule has 3 amide bonds. The third-order valence-corrected chi connectivity index (χ3v) is 2.71. The summed E-state index contributed by atoms with van der Waals surface area (Å²) in [6.45, 7) is 4.48. The number of carboxylic acids is 1. The molecule has 0 radical (unpaired) electrons. The van der Waals surface area contributed by atoms with Crippen molar-refractivity contribution < 1.29 is 24.2 Å². The van der Waals surface area contributed by atoms with Crippen molar-refractivity contribution in [3.63, 3.8) is 0 Å². The number of nitrogens with zero attached hydrogens (tertiary/aromatic N) is 1. The Bertz CT molecular complexity index is 372. The number of ether oxygens (including phenoxy) is 1. The van der Waals surface area contributed by atoms with Gasteiger partial charge in [-0.1, -0.05) is 0 Å². The summed E-state index contributed by atoms with van der Waals surface area (Å²) in [4.78, 5) is 35.4. The highest BCUT2D eigenvalue weighted by atomic mass is 16.5. The third kappa shape index (κ3) is 5.43. The molecule has 8 nitrogen and oxygen atoms in total. The van der Waals surface area contributed by atoms with Gasteiger partial charge in [-0.25, -0.2) is 9.59 Å². The predicted octanol–water partition coefficient (Wildman–Crippen LogP) is -0.604. The molecule has 3 N–H and O–H groups in total. The number of amides is 3. The fourth-order valence-corrected chi connectivity index (χ4v) is 1.77. The number of carboxylic acid groups (broad SMARTS) is 1. The lowest BCUT2D eigenvalue weighted by Crippen LogP contribution is -2.52. The summed E-state index contributed by atoms with van der Waals surface area (Å²) in [5.41, 5.74) is 0. The van der Waals surface area contributed by atoms with Crippen LogP contribution in [0, 0.1) is 0 Å². The molecule has 1 heterocycles. The first kappa shape index (κ1) is 16.2. The van der Waals surface area contributed by atoms with Crippen molar-refractivity contribution in [3.8, 4) is 0 Å². The summed E-state index contributed by atoms with van der Waals surface area (Å²) >= 11 is 0. The number of hydrogen-bond acceptors (Lipinski definition) is 4. The number of urea groups is 1. The Morgan fingerprint density at radius 1 is 1.40 bits per heavy atom. The normalized spacial score (nSPS) is 18.8. The first-order valence-corrected chi connectivity index (χ1v) is 6.56. The lowest BCUT2D eigenvalue weighted by Gasteiger charge is -2.30. The van der Waals surface area contributed by atoms with Gasteiger partial charge in [0.2, 0.25) is 5.91 Å². The summed E-state index contributed by atoms with van der Waals surface area (Å²) in [5, 5.41) is 14.1. The van der Waals surface area contributed by atoms with Crippen molar-refractivity contribution >= 4 is 17.9 Å². The smallest absolute Gasteiger partial charge is 0.334 e. The molecular formula is C12H21N3O5. The number of carbonyl (C=O) groups excluding carboxylic acids is 2. The molecule has 1 atom stereocenters. The molecule has 1 saturated heterocycles. The van der Waals surface area contributed by atoms with Gasteiger partial charge in [-0.2, -0.15) is 0 Å². The van der Waals surface area contributed by atoms with Gasteiger partial charge in [0.25, 0.3) is 0 Å². The minimum atomic E-state index is -1.08. The Hall–Kier alpha value is -1.83. The van der Waals surface area contributed by atoms with E-state index < -0.39 is 12.1 Å². The van der Waals surface area contributed by atoms with Crippen LogP contribution in [-0.4, -0.2) is 66.3 Å². The fraction of sp³-hybridized carbons (Fsp3) is 0.750. The van der Waals surface area contributed by atoms with Crippen LogP contribution < -0.4 is 10.6 Å². The quantitative estimate of drug-likeness (QED) is 0.625. The van der Waals surface area contributed by atoms with Gasteiger partial charge < -0.3 is 25.4 Å². The first-order valence-electron chi connectivity index (χ1n) is 6.56. The van der Waals surface area contributed by atoms with Crippen LogP contribution in [0.2, 0.25) is 0 Å². The molecule has 0 aromatic heterocycles. The molecular weight excluding hydrogens is 266 g/mol. The highest BCUT2D eigenvalue weighted by molar-refractivity contribution is 5.79. The molecule has 114 valence electrons. The molecule has 1 aliphatic rings. The summed E-state index contributed by atoms with van der Waals surface area (Å²) in [7, 11) is 0. The van der Waals surface area contributed by atoms with Gasteiger partial charge in [-0.15, -0.1) is 0 Å². The van der Waals surface area contributed by atoms with Gasteiger partial charge >= 0.3 is 12.0 Å². The van der Waals surface area contributed by atoms with Crippen LogP contribution in [0.4, 0.5) is 4.79 Å². The number of nitrogens with one attached hydrogen (secondary N) is 2. The van der Waals surface area contributed by atoms with Crippen molar-refractivity contribution in [2.24, 2.45) is 0 Å². The van der Waals surface area contributed by atoms with Crippen LogP contribution in [0.25, 0.3) is 0 Å². The van der Waals surface area contributed by atoms with E-state index in [1.807, 2.05) is 13.8 Å². The van der Waals surface area contributed by atoms with Crippen LogP contribution in [-0.2, 0) is 14.3 Å². The Kier molecular flexibility index (Phi) is 6.23. The number of hydrogen-bond donors (Lipinski definition) is 3. The summed E-state index contributed by atoms with van der Waals surface area (Å²) in [5.74, 6) is -1.22. The second-order valence-electron chi connectivity index (χ2n) is 4.85. The maximum atomic E-state index is 11.8. The summed E-state index contributed by atoms with van der Waals surface area (Å²) < 4.78 is 5.02. The maximum Gasteiger partial charge on any atom is 0.334 e. The van der Waals surface area contributed by atoms with Crippen LogP contribution in [0.1, 0.15) is 20.3 Å².